The molecule has 2 rings (SSSR count). The summed E-state index contributed by atoms with van der Waals surface area (Å²) in [5.74, 6) is -0.267. The Bertz CT molecular complexity index is 650. The second-order valence-corrected chi connectivity index (χ2v) is 7.50. The van der Waals surface area contributed by atoms with E-state index in [9.17, 15) is 13.2 Å². The van der Waals surface area contributed by atoms with Crippen LogP contribution in [0, 0.1) is 13.8 Å². The molecule has 1 fully saturated rings. The fourth-order valence-electron chi connectivity index (χ4n) is 2.30. The second kappa shape index (κ2) is 4.86. The zero-order valence-corrected chi connectivity index (χ0v) is 13.0. The number of nitrogens with one attached hydrogen (secondary N) is 1. The highest BCUT2D eigenvalue weighted by Crippen LogP contribution is 2.27. The lowest BCUT2D eigenvalue weighted by Gasteiger charge is -2.39. The minimum absolute atomic E-state index is 0.239. The highest BCUT2D eigenvalue weighted by Gasteiger charge is 2.44. The van der Waals surface area contributed by atoms with Gasteiger partial charge in [0.05, 0.1) is 4.90 Å². The van der Waals surface area contributed by atoms with Crippen molar-refractivity contribution in [2.24, 2.45) is 0 Å². The van der Waals surface area contributed by atoms with Crippen LogP contribution in [0.2, 0.25) is 0 Å². The van der Waals surface area contributed by atoms with Crippen molar-refractivity contribution in [2.45, 2.75) is 38.1 Å². The normalized spacial score (nSPS) is 19.7. The molecule has 0 spiro atoms. The van der Waals surface area contributed by atoms with E-state index in [-0.39, 0.29) is 17.3 Å². The molecule has 0 saturated carbocycles. The van der Waals surface area contributed by atoms with E-state index in [1.165, 1.54) is 4.31 Å². The Kier molecular flexibility index (Phi) is 3.64. The third-order valence-corrected chi connectivity index (χ3v) is 5.91. The summed E-state index contributed by atoms with van der Waals surface area (Å²) in [6, 6.07) is 5.05. The number of sulfonamides is 1. The predicted octanol–water partition coefficient (Wildman–Crippen LogP) is 1.20. The van der Waals surface area contributed by atoms with Gasteiger partial charge >= 0.3 is 0 Å². The van der Waals surface area contributed by atoms with E-state index in [1.807, 2.05) is 13.8 Å². The molecule has 1 heterocycles. The molecule has 0 bridgehead atoms. The van der Waals surface area contributed by atoms with E-state index < -0.39 is 15.6 Å². The van der Waals surface area contributed by atoms with Gasteiger partial charge in [-0.2, -0.15) is 4.31 Å². The maximum atomic E-state index is 12.8. The van der Waals surface area contributed by atoms with Gasteiger partial charge in [-0.1, -0.05) is 6.07 Å². The number of hydrogen-bond donors (Lipinski definition) is 1. The van der Waals surface area contributed by atoms with Gasteiger partial charge in [-0.05, 0) is 51.0 Å². The average Bonchev–Trinajstić information content (AvgIpc) is 2.35. The first kappa shape index (κ1) is 15.0. The van der Waals surface area contributed by atoms with E-state index in [1.54, 1.807) is 32.0 Å². The summed E-state index contributed by atoms with van der Waals surface area (Å²) in [5, 5.41) is 2.70. The molecule has 0 unspecified atom stereocenters. The Morgan fingerprint density at radius 1 is 1.20 bits per heavy atom. The summed E-state index contributed by atoms with van der Waals surface area (Å²) in [7, 11) is -3.67. The highest BCUT2D eigenvalue weighted by atomic mass is 32.2. The Hall–Kier alpha value is -1.40. The van der Waals surface area contributed by atoms with Crippen LogP contribution < -0.4 is 5.32 Å². The number of hydrogen-bond acceptors (Lipinski definition) is 3. The van der Waals surface area contributed by atoms with E-state index in [4.69, 9.17) is 0 Å². The molecule has 1 aliphatic rings. The first-order valence-electron chi connectivity index (χ1n) is 6.56. The summed E-state index contributed by atoms with van der Waals surface area (Å²) < 4.78 is 26.8. The van der Waals surface area contributed by atoms with Gasteiger partial charge in [0.25, 0.3) is 0 Å². The van der Waals surface area contributed by atoms with Gasteiger partial charge < -0.3 is 5.32 Å². The fraction of sp³-hybridized carbons (Fsp3) is 0.500. The van der Waals surface area contributed by atoms with Crippen LogP contribution in [0.1, 0.15) is 25.0 Å². The molecule has 1 saturated heterocycles. The van der Waals surface area contributed by atoms with Crippen LogP contribution in [0.25, 0.3) is 0 Å². The summed E-state index contributed by atoms with van der Waals surface area (Å²) >= 11 is 0. The Morgan fingerprint density at radius 2 is 1.85 bits per heavy atom. The second-order valence-electron chi connectivity index (χ2n) is 5.64. The summed E-state index contributed by atoms with van der Waals surface area (Å²) in [6.07, 6.45) is 0. The van der Waals surface area contributed by atoms with Crippen LogP contribution in [0.15, 0.2) is 23.1 Å². The molecule has 1 aromatic carbocycles. The number of carbonyl (C=O) groups is 1. The average molecular weight is 296 g/mol. The van der Waals surface area contributed by atoms with Gasteiger partial charge in [-0.25, -0.2) is 8.42 Å². The summed E-state index contributed by atoms with van der Waals surface area (Å²) in [4.78, 5) is 12.1. The van der Waals surface area contributed by atoms with Crippen molar-refractivity contribution < 1.29 is 13.2 Å². The number of carbonyl (C=O) groups excluding carboxylic acids is 1. The molecular formula is C14H20N2O3S. The van der Waals surface area contributed by atoms with Gasteiger partial charge in [0.1, 0.15) is 5.54 Å². The largest absolute Gasteiger partial charge is 0.353 e. The van der Waals surface area contributed by atoms with Crippen molar-refractivity contribution in [3.63, 3.8) is 0 Å². The lowest BCUT2D eigenvalue weighted by atomic mass is 10.0. The van der Waals surface area contributed by atoms with Crippen LogP contribution in [0.3, 0.4) is 0 Å². The van der Waals surface area contributed by atoms with E-state index in [0.717, 1.165) is 11.1 Å². The monoisotopic (exact) mass is 296 g/mol. The summed E-state index contributed by atoms with van der Waals surface area (Å²) in [6.45, 7) is 7.69. The van der Waals surface area contributed by atoms with Crippen LogP contribution in [0.4, 0.5) is 0 Å². The van der Waals surface area contributed by atoms with Crippen molar-refractivity contribution in [3.8, 4) is 0 Å². The topological polar surface area (TPSA) is 66.5 Å². The molecule has 0 aromatic heterocycles. The Balaban J connectivity index is 2.49. The number of nitrogens with zero attached hydrogens (tertiary/aromatic N) is 1. The maximum absolute atomic E-state index is 12.8. The number of rotatable bonds is 2. The van der Waals surface area contributed by atoms with Crippen molar-refractivity contribution in [1.29, 1.82) is 0 Å². The van der Waals surface area contributed by atoms with Crippen LogP contribution in [-0.2, 0) is 14.8 Å². The highest BCUT2D eigenvalue weighted by molar-refractivity contribution is 7.89. The van der Waals surface area contributed by atoms with E-state index in [0.29, 0.717) is 6.54 Å². The van der Waals surface area contributed by atoms with Gasteiger partial charge in [0, 0.05) is 13.1 Å². The zero-order chi connectivity index (χ0) is 15.1. The van der Waals surface area contributed by atoms with Gasteiger partial charge in [0.2, 0.25) is 15.9 Å². The molecule has 20 heavy (non-hydrogen) atoms. The zero-order valence-electron chi connectivity index (χ0n) is 12.2. The van der Waals surface area contributed by atoms with Gasteiger partial charge in [-0.15, -0.1) is 0 Å². The first-order valence-corrected chi connectivity index (χ1v) is 8.00. The van der Waals surface area contributed by atoms with Crippen LogP contribution >= 0.6 is 0 Å². The third kappa shape index (κ3) is 2.33. The number of benzene rings is 1. The molecule has 6 heteroatoms. The standard InChI is InChI=1S/C14H20N2O3S/c1-10-5-6-12(9-11(10)2)20(18,19)16-8-7-15-13(17)14(16,3)4/h5-6,9H,7-8H2,1-4H3,(H,15,17). The number of piperazine rings is 1. The molecule has 5 nitrogen and oxygen atoms in total. The molecule has 1 N–H and O–H groups in total. The lowest BCUT2D eigenvalue weighted by molar-refractivity contribution is -0.131. The fourth-order valence-corrected chi connectivity index (χ4v) is 4.14. The van der Waals surface area contributed by atoms with Crippen LogP contribution in [0.5, 0.6) is 0 Å². The Labute approximate surface area is 120 Å². The van der Waals surface area contributed by atoms with Crippen LogP contribution in [-0.4, -0.2) is 37.3 Å². The SMILES string of the molecule is Cc1ccc(S(=O)(=O)N2CCNC(=O)C2(C)C)cc1C. The molecule has 110 valence electrons. The predicted molar refractivity (Wildman–Crippen MR) is 76.9 cm³/mol. The molecule has 1 aliphatic heterocycles. The minimum Gasteiger partial charge on any atom is -0.353 e. The van der Waals surface area contributed by atoms with Crippen molar-refractivity contribution in [2.75, 3.05) is 13.1 Å². The Morgan fingerprint density at radius 3 is 2.45 bits per heavy atom. The lowest BCUT2D eigenvalue weighted by Crippen LogP contribution is -2.63. The third-order valence-electron chi connectivity index (χ3n) is 3.85. The van der Waals surface area contributed by atoms with E-state index >= 15 is 0 Å². The van der Waals surface area contributed by atoms with Crippen molar-refractivity contribution >= 4 is 15.9 Å². The maximum Gasteiger partial charge on any atom is 0.244 e. The van der Waals surface area contributed by atoms with Crippen molar-refractivity contribution in [1.82, 2.24) is 9.62 Å². The van der Waals surface area contributed by atoms with Gasteiger partial charge in [-0.3, -0.25) is 4.79 Å². The molecule has 0 atom stereocenters. The summed E-state index contributed by atoms with van der Waals surface area (Å²) in [5.41, 5.74) is 0.889. The van der Waals surface area contributed by atoms with Gasteiger partial charge in [0.15, 0.2) is 0 Å². The van der Waals surface area contributed by atoms with E-state index in [2.05, 4.69) is 5.32 Å². The molecule has 1 aromatic rings. The number of aryl methyl sites for hydroxylation is 2. The molecule has 0 aliphatic carbocycles. The molecule has 0 radical (unpaired) electrons. The number of amides is 1. The minimum atomic E-state index is -3.67. The molecule has 1 amide bonds. The first-order chi connectivity index (χ1) is 9.17. The van der Waals surface area contributed by atoms with Crippen molar-refractivity contribution in [3.05, 3.63) is 29.3 Å². The molecular weight excluding hydrogens is 276 g/mol. The smallest absolute Gasteiger partial charge is 0.244 e. The quantitative estimate of drug-likeness (QED) is 0.892.